The lowest BCUT2D eigenvalue weighted by Gasteiger charge is -2.16. The van der Waals surface area contributed by atoms with E-state index in [-0.39, 0.29) is 24.0 Å². The fourth-order valence-corrected chi connectivity index (χ4v) is 2.51. The highest BCUT2D eigenvalue weighted by molar-refractivity contribution is 9.08. The first kappa shape index (κ1) is 14.7. The molecule has 0 saturated heterocycles. The number of fused-ring (bicyclic) bond motifs is 1. The number of benzene rings is 1. The SMILES string of the molecule is COC(=O)CCCN1C(=O)C(=N)c2ccc(CBr)cc21. The Morgan fingerprint density at radius 2 is 2.20 bits per heavy atom. The Morgan fingerprint density at radius 3 is 2.85 bits per heavy atom. The second-order valence-corrected chi connectivity index (χ2v) is 5.06. The maximum Gasteiger partial charge on any atom is 0.305 e. The molecule has 0 fully saturated rings. The number of methoxy groups -OCH3 is 1. The molecule has 1 aliphatic heterocycles. The zero-order valence-corrected chi connectivity index (χ0v) is 12.7. The van der Waals surface area contributed by atoms with Crippen LogP contribution >= 0.6 is 15.9 Å². The Labute approximate surface area is 125 Å². The first-order valence-electron chi connectivity index (χ1n) is 6.25. The molecule has 5 nitrogen and oxygen atoms in total. The maximum atomic E-state index is 12.1. The Morgan fingerprint density at radius 1 is 1.45 bits per heavy atom. The van der Waals surface area contributed by atoms with Crippen molar-refractivity contribution < 1.29 is 14.3 Å². The van der Waals surface area contributed by atoms with Gasteiger partial charge in [0.15, 0.2) is 0 Å². The molecule has 0 aromatic heterocycles. The number of esters is 1. The fourth-order valence-electron chi connectivity index (χ4n) is 2.16. The van der Waals surface area contributed by atoms with Crippen LogP contribution in [0.15, 0.2) is 18.2 Å². The van der Waals surface area contributed by atoms with Gasteiger partial charge in [0.2, 0.25) is 0 Å². The van der Waals surface area contributed by atoms with E-state index >= 15 is 0 Å². The van der Waals surface area contributed by atoms with Crippen LogP contribution in [0, 0.1) is 5.41 Å². The minimum atomic E-state index is -0.309. The van der Waals surface area contributed by atoms with Crippen LogP contribution in [-0.4, -0.2) is 31.2 Å². The molecule has 2 rings (SSSR count). The highest BCUT2D eigenvalue weighted by Gasteiger charge is 2.32. The van der Waals surface area contributed by atoms with Gasteiger partial charge in [0.05, 0.1) is 12.8 Å². The molecule has 0 spiro atoms. The van der Waals surface area contributed by atoms with Crippen molar-refractivity contribution in [1.29, 1.82) is 5.41 Å². The second-order valence-electron chi connectivity index (χ2n) is 4.50. The molecule has 0 unspecified atom stereocenters. The molecule has 0 aliphatic carbocycles. The second kappa shape index (κ2) is 6.17. The van der Waals surface area contributed by atoms with E-state index in [0.29, 0.717) is 23.9 Å². The molecule has 1 heterocycles. The zero-order chi connectivity index (χ0) is 14.7. The summed E-state index contributed by atoms with van der Waals surface area (Å²) in [6.45, 7) is 0.412. The molecular formula is C14H15BrN2O3. The van der Waals surface area contributed by atoms with Gasteiger partial charge in [-0.1, -0.05) is 28.1 Å². The number of carbonyl (C=O) groups excluding carboxylic acids is 2. The fraction of sp³-hybridized carbons (Fsp3) is 0.357. The summed E-state index contributed by atoms with van der Waals surface area (Å²) < 4.78 is 4.58. The van der Waals surface area contributed by atoms with Crippen molar-refractivity contribution in [3.63, 3.8) is 0 Å². The van der Waals surface area contributed by atoms with Crippen molar-refractivity contribution in [3.05, 3.63) is 29.3 Å². The molecule has 1 N–H and O–H groups in total. The zero-order valence-electron chi connectivity index (χ0n) is 11.1. The monoisotopic (exact) mass is 338 g/mol. The summed E-state index contributed by atoms with van der Waals surface area (Å²) in [5.74, 6) is -0.599. The van der Waals surface area contributed by atoms with Crippen molar-refractivity contribution >= 4 is 39.2 Å². The molecule has 0 bridgehead atoms. The highest BCUT2D eigenvalue weighted by atomic mass is 79.9. The van der Waals surface area contributed by atoms with Crippen molar-refractivity contribution in [2.24, 2.45) is 0 Å². The molecule has 1 aliphatic rings. The van der Waals surface area contributed by atoms with Gasteiger partial charge in [-0.05, 0) is 18.1 Å². The molecule has 106 valence electrons. The number of hydrogen-bond donors (Lipinski definition) is 1. The minimum Gasteiger partial charge on any atom is -0.469 e. The quantitative estimate of drug-likeness (QED) is 0.661. The van der Waals surface area contributed by atoms with Crippen molar-refractivity contribution in [3.8, 4) is 0 Å². The van der Waals surface area contributed by atoms with Gasteiger partial charge in [0, 0.05) is 23.9 Å². The molecule has 1 aromatic carbocycles. The molecule has 0 radical (unpaired) electrons. The van der Waals surface area contributed by atoms with E-state index in [0.717, 1.165) is 11.3 Å². The summed E-state index contributed by atoms with van der Waals surface area (Å²) >= 11 is 3.38. The number of rotatable bonds is 5. The summed E-state index contributed by atoms with van der Waals surface area (Å²) in [7, 11) is 1.34. The van der Waals surface area contributed by atoms with E-state index in [1.54, 1.807) is 11.0 Å². The van der Waals surface area contributed by atoms with Gasteiger partial charge < -0.3 is 9.64 Å². The lowest BCUT2D eigenvalue weighted by molar-refractivity contribution is -0.140. The van der Waals surface area contributed by atoms with Crippen LogP contribution in [0.3, 0.4) is 0 Å². The third-order valence-electron chi connectivity index (χ3n) is 3.23. The number of anilines is 1. The van der Waals surface area contributed by atoms with Crippen LogP contribution in [0.25, 0.3) is 0 Å². The maximum absolute atomic E-state index is 12.1. The highest BCUT2D eigenvalue weighted by Crippen LogP contribution is 2.30. The van der Waals surface area contributed by atoms with Crippen molar-refractivity contribution in [2.45, 2.75) is 18.2 Å². The molecule has 6 heteroatoms. The van der Waals surface area contributed by atoms with E-state index in [4.69, 9.17) is 5.41 Å². The average Bonchev–Trinajstić information content (AvgIpc) is 2.71. The number of ether oxygens (including phenoxy) is 1. The van der Waals surface area contributed by atoms with E-state index in [9.17, 15) is 9.59 Å². The lowest BCUT2D eigenvalue weighted by atomic mass is 10.1. The summed E-state index contributed by atoms with van der Waals surface area (Å²) in [6, 6.07) is 5.60. The van der Waals surface area contributed by atoms with Gasteiger partial charge in [-0.3, -0.25) is 15.0 Å². The Balaban J connectivity index is 2.16. The van der Waals surface area contributed by atoms with Crippen LogP contribution < -0.4 is 4.90 Å². The number of nitrogens with one attached hydrogen (secondary N) is 1. The van der Waals surface area contributed by atoms with Crippen LogP contribution in [0.5, 0.6) is 0 Å². The summed E-state index contributed by atoms with van der Waals surface area (Å²) in [5, 5.41) is 8.55. The van der Waals surface area contributed by atoms with Gasteiger partial charge in [-0.25, -0.2) is 0 Å². The predicted molar refractivity (Wildman–Crippen MR) is 79.5 cm³/mol. The number of halogens is 1. The van der Waals surface area contributed by atoms with Crippen LogP contribution in [0.4, 0.5) is 5.69 Å². The van der Waals surface area contributed by atoms with E-state index in [1.165, 1.54) is 7.11 Å². The number of carbonyl (C=O) groups is 2. The van der Waals surface area contributed by atoms with Gasteiger partial charge in [-0.2, -0.15) is 0 Å². The standard InChI is InChI=1S/C14H15BrN2O3/c1-20-12(18)3-2-6-17-11-7-9(8-15)4-5-10(11)13(16)14(17)19/h4-5,7,16H,2-3,6,8H2,1H3. The summed E-state index contributed by atoms with van der Waals surface area (Å²) in [5.41, 5.74) is 2.46. The van der Waals surface area contributed by atoms with E-state index in [1.807, 2.05) is 12.1 Å². The molecule has 1 amide bonds. The Bertz CT molecular complexity index is 572. The van der Waals surface area contributed by atoms with Gasteiger partial charge in [-0.15, -0.1) is 0 Å². The number of alkyl halides is 1. The van der Waals surface area contributed by atoms with Crippen LogP contribution in [-0.2, 0) is 19.7 Å². The molecule has 0 atom stereocenters. The summed E-state index contributed by atoms with van der Waals surface area (Å²) in [4.78, 5) is 24.7. The third-order valence-corrected chi connectivity index (χ3v) is 3.87. The first-order valence-corrected chi connectivity index (χ1v) is 7.37. The normalized spacial score (nSPS) is 13.6. The number of nitrogens with zero attached hydrogens (tertiary/aromatic N) is 1. The lowest BCUT2D eigenvalue weighted by Crippen LogP contribution is -2.31. The Hall–Kier alpha value is -1.69. The van der Waals surface area contributed by atoms with E-state index in [2.05, 4.69) is 20.7 Å². The van der Waals surface area contributed by atoms with Crippen LogP contribution in [0.1, 0.15) is 24.0 Å². The van der Waals surface area contributed by atoms with Gasteiger partial charge in [0.1, 0.15) is 5.71 Å². The average molecular weight is 339 g/mol. The van der Waals surface area contributed by atoms with Crippen molar-refractivity contribution in [2.75, 3.05) is 18.6 Å². The third kappa shape index (κ3) is 2.75. The summed E-state index contributed by atoms with van der Waals surface area (Å²) in [6.07, 6.45) is 0.782. The molecule has 1 aromatic rings. The predicted octanol–water partition coefficient (Wildman–Crippen LogP) is 2.25. The Kier molecular flexibility index (Phi) is 4.54. The van der Waals surface area contributed by atoms with Crippen LogP contribution in [0.2, 0.25) is 0 Å². The molecule has 20 heavy (non-hydrogen) atoms. The minimum absolute atomic E-state index is 0.0131. The van der Waals surface area contributed by atoms with Gasteiger partial charge >= 0.3 is 5.97 Å². The molecule has 0 saturated carbocycles. The van der Waals surface area contributed by atoms with Crippen molar-refractivity contribution in [1.82, 2.24) is 0 Å². The first-order chi connectivity index (χ1) is 9.58. The number of amides is 1. The molecular weight excluding hydrogens is 324 g/mol. The largest absolute Gasteiger partial charge is 0.469 e. The topological polar surface area (TPSA) is 70.5 Å². The smallest absolute Gasteiger partial charge is 0.305 e. The van der Waals surface area contributed by atoms with Gasteiger partial charge in [0.25, 0.3) is 5.91 Å². The van der Waals surface area contributed by atoms with E-state index < -0.39 is 0 Å². The number of hydrogen-bond acceptors (Lipinski definition) is 4.